The van der Waals surface area contributed by atoms with E-state index in [1.54, 1.807) is 31.0 Å². The van der Waals surface area contributed by atoms with Gasteiger partial charge in [0.1, 0.15) is 58.6 Å². The molecule has 8 atom stereocenters. The van der Waals surface area contributed by atoms with Crippen LogP contribution in [-0.4, -0.2) is 258 Å². The lowest BCUT2D eigenvalue weighted by Gasteiger charge is -2.43. The third-order valence-electron chi connectivity index (χ3n) is 21.9. The third-order valence-corrected chi connectivity index (χ3v) is 22.7. The topological polar surface area (TPSA) is 279 Å². The Morgan fingerprint density at radius 3 is 1.85 bits per heavy atom. The number of halogens is 2. The minimum atomic E-state index is -1.51. The number of aryl methyl sites for hydroxylation is 1. The second kappa shape index (κ2) is 36.2. The average Bonchev–Trinajstić information content (AvgIpc) is 1.76. The number of likely N-dealkylation sites (N-methyl/N-ethyl adjacent to an activating group) is 7. The number of hydrogen-bond donors (Lipinski definition) is 3. The highest BCUT2D eigenvalue weighted by molar-refractivity contribution is 6.43. The van der Waals surface area contributed by atoms with E-state index >= 15 is 19.2 Å². The van der Waals surface area contributed by atoms with Crippen molar-refractivity contribution in [1.29, 1.82) is 0 Å². The number of nitrogens with zero attached hydrogens (tertiary/aromatic N) is 9. The van der Waals surface area contributed by atoms with E-state index in [0.717, 1.165) is 67.6 Å². The van der Waals surface area contributed by atoms with Crippen molar-refractivity contribution >= 4 is 94.1 Å². The van der Waals surface area contributed by atoms with E-state index < -0.39 is 151 Å². The number of amides is 12. The van der Waals surface area contributed by atoms with Gasteiger partial charge in [0.2, 0.25) is 70.9 Å². The monoisotopic (exact) mass is 1420 g/mol. The van der Waals surface area contributed by atoms with Crippen LogP contribution in [0.1, 0.15) is 188 Å². The molecule has 6 aliphatic rings. The minimum Gasteiger partial charge on any atom is -0.489 e. The molecule has 1 unspecified atom stereocenters. The molecule has 25 nitrogen and oxygen atoms in total. The van der Waals surface area contributed by atoms with Gasteiger partial charge in [-0.2, -0.15) is 0 Å². The van der Waals surface area contributed by atoms with Crippen molar-refractivity contribution in [2.75, 3.05) is 88.6 Å². The molecular formula is C72H112Cl2N12O13. The zero-order chi connectivity index (χ0) is 72.7. The maximum absolute atomic E-state index is 15.7. The van der Waals surface area contributed by atoms with E-state index in [9.17, 15) is 38.4 Å². The van der Waals surface area contributed by atoms with Crippen molar-refractivity contribution in [3.63, 3.8) is 0 Å². The predicted molar refractivity (Wildman–Crippen MR) is 376 cm³/mol. The zero-order valence-electron chi connectivity index (χ0n) is 60.8. The molecule has 3 N–H and O–H groups in total. The molecule has 0 radical (unpaired) electrons. The Kier molecular flexibility index (Phi) is 29.1. The Morgan fingerprint density at radius 1 is 0.616 bits per heavy atom. The van der Waals surface area contributed by atoms with Gasteiger partial charge in [-0.15, -0.1) is 0 Å². The van der Waals surface area contributed by atoms with E-state index in [4.69, 9.17) is 27.9 Å². The molecule has 6 fully saturated rings. The minimum absolute atomic E-state index is 0.00832. The molecule has 0 aromatic heterocycles. The fourth-order valence-corrected chi connectivity index (χ4v) is 15.7. The van der Waals surface area contributed by atoms with Crippen LogP contribution in [0.15, 0.2) is 12.1 Å². The van der Waals surface area contributed by atoms with Crippen LogP contribution >= 0.6 is 23.2 Å². The van der Waals surface area contributed by atoms with Gasteiger partial charge in [0.25, 0.3) is 0 Å². The van der Waals surface area contributed by atoms with Gasteiger partial charge in [0.15, 0.2) is 0 Å². The van der Waals surface area contributed by atoms with Gasteiger partial charge < -0.3 is 64.8 Å². The average molecular weight is 1420 g/mol. The van der Waals surface area contributed by atoms with E-state index in [0.29, 0.717) is 75.8 Å². The van der Waals surface area contributed by atoms with Gasteiger partial charge in [0.05, 0.1) is 37.2 Å². The summed E-state index contributed by atoms with van der Waals surface area (Å²) in [5.74, 6) is -7.51. The van der Waals surface area contributed by atoms with Gasteiger partial charge in [-0.05, 0) is 133 Å². The molecule has 99 heavy (non-hydrogen) atoms. The molecule has 1 aromatic rings. The number of ether oxygens (including phenoxy) is 1. The fourth-order valence-electron chi connectivity index (χ4n) is 15.4. The lowest BCUT2D eigenvalue weighted by atomic mass is 9.81. The summed E-state index contributed by atoms with van der Waals surface area (Å²) < 4.78 is 5.99. The van der Waals surface area contributed by atoms with Gasteiger partial charge >= 0.3 is 0 Å². The molecule has 3 saturated carbocycles. The molecule has 1 spiro atoms. The van der Waals surface area contributed by atoms with Crippen LogP contribution in [-0.2, 0) is 64.0 Å². The summed E-state index contributed by atoms with van der Waals surface area (Å²) in [5, 5.41) is 9.31. The van der Waals surface area contributed by atoms with Crippen molar-refractivity contribution in [3.05, 3.63) is 27.7 Å². The van der Waals surface area contributed by atoms with E-state index in [2.05, 4.69) is 16.0 Å². The first-order chi connectivity index (χ1) is 46.9. The number of carbonyl (C=O) groups excluding carboxylic acids is 12. The largest absolute Gasteiger partial charge is 0.489 e. The van der Waals surface area contributed by atoms with Crippen LogP contribution in [0, 0.1) is 17.8 Å². The second-order valence-electron chi connectivity index (χ2n) is 29.4. The molecule has 12 amide bonds. The molecule has 0 bridgehead atoms. The van der Waals surface area contributed by atoms with Crippen LogP contribution in [0.5, 0.6) is 5.75 Å². The van der Waals surface area contributed by atoms with E-state index in [1.165, 1.54) is 78.6 Å². The van der Waals surface area contributed by atoms with E-state index in [1.807, 2.05) is 20.8 Å². The summed E-state index contributed by atoms with van der Waals surface area (Å²) in [6.07, 6.45) is 12.8. The number of piperidine rings is 1. The quantitative estimate of drug-likeness (QED) is 0.236. The molecule has 3 heterocycles. The van der Waals surface area contributed by atoms with Crippen molar-refractivity contribution in [3.8, 4) is 5.75 Å². The standard InChI is InChI=1S/C72H112Cl2N12O13/c1-13-46(4)62-69(96)80(8)43-59(89)78(6)44-60(90)82(10)54(39-48-26-17-14-18-27-48)67(94)79(7)42-57(87)75-52(32-31-49-38-51(73)61(74)56(40-49)99-45(2)3)66(93)86-37-25-30-53(86)65(92)77-72(33-21-22-34-72)71(98)84(12)63(50-28-19-15-20-29-50)70(97)83(11)55(68(95)85-35-23-16-24-36-85)41-58(88)81(9)47(5)64(91)76-62/h38,40,45-48,50,52-55,62-63H,13-37,39,41-44H2,1-12H3,(H,75,87)(H,76,91)(H,77,92)/t46-,47-,52-,53?,54-,55-,62-,63-/m0/s1. The number of carbonyl (C=O) groups is 12. The number of benzene rings is 1. The van der Waals surface area contributed by atoms with Crippen LogP contribution < -0.4 is 20.7 Å². The molecule has 552 valence electrons. The van der Waals surface area contributed by atoms with Crippen molar-refractivity contribution < 1.29 is 62.3 Å². The summed E-state index contributed by atoms with van der Waals surface area (Å²) in [4.78, 5) is 190. The highest BCUT2D eigenvalue weighted by Gasteiger charge is 2.51. The van der Waals surface area contributed by atoms with Gasteiger partial charge in [-0.25, -0.2) is 0 Å². The third kappa shape index (κ3) is 20.1. The Morgan fingerprint density at radius 2 is 1.22 bits per heavy atom. The SMILES string of the molecule is CC[C@H](C)[C@@H]1NC(=O)[C@H](C)N(C)C(=O)C[C@@H](C(=O)N2CCCCC2)N(C)C(=O)[C@H](C2CCCCC2)N(C)C(=O)C2(CCCC2)NC(=O)C2CCCN2C(=O)[C@H](CCc2cc(Cl)c(Cl)c(OC(C)C)c2)NC(=O)CN(C)C(=O)[C@H](CC2CCCCC2)N(C)C(=O)CN(C)C(=O)CN(C)C1=O. The van der Waals surface area contributed by atoms with E-state index in [-0.39, 0.29) is 73.1 Å². The van der Waals surface area contributed by atoms with Gasteiger partial charge in [-0.3, -0.25) is 57.5 Å². The molecule has 27 heteroatoms. The molecule has 3 saturated heterocycles. The van der Waals surface area contributed by atoms with Crippen LogP contribution in [0.25, 0.3) is 0 Å². The van der Waals surface area contributed by atoms with Crippen molar-refractivity contribution in [2.45, 2.75) is 243 Å². The molecule has 3 aliphatic carbocycles. The Labute approximate surface area is 596 Å². The highest BCUT2D eigenvalue weighted by Crippen LogP contribution is 2.38. The Balaban J connectivity index is 1.27. The van der Waals surface area contributed by atoms with Crippen LogP contribution in [0.4, 0.5) is 0 Å². The summed E-state index contributed by atoms with van der Waals surface area (Å²) in [7, 11) is 10.2. The van der Waals surface area contributed by atoms with Gasteiger partial charge in [0, 0.05) is 69.0 Å². The summed E-state index contributed by atoms with van der Waals surface area (Å²) in [5.41, 5.74) is -0.874. The predicted octanol–water partition coefficient (Wildman–Crippen LogP) is 5.82. The van der Waals surface area contributed by atoms with Crippen molar-refractivity contribution in [2.24, 2.45) is 17.8 Å². The maximum Gasteiger partial charge on any atom is 0.248 e. The molecular weight excluding hydrogens is 1310 g/mol. The van der Waals surface area contributed by atoms with Gasteiger partial charge in [-0.1, -0.05) is 108 Å². The first-order valence-corrected chi connectivity index (χ1v) is 37.1. The van der Waals surface area contributed by atoms with Crippen LogP contribution in [0.2, 0.25) is 10.0 Å². The first-order valence-electron chi connectivity index (χ1n) is 36.3. The van der Waals surface area contributed by atoms with Crippen molar-refractivity contribution in [1.82, 2.24) is 60.0 Å². The lowest BCUT2D eigenvalue weighted by molar-refractivity contribution is -0.157. The first kappa shape index (κ1) is 79.6. The fraction of sp³-hybridized carbons (Fsp3) is 0.750. The second-order valence-corrected chi connectivity index (χ2v) is 30.2. The lowest BCUT2D eigenvalue weighted by Crippen LogP contribution is -2.65. The number of hydrogen-bond acceptors (Lipinski definition) is 13. The molecule has 7 rings (SSSR count). The maximum atomic E-state index is 15.7. The normalized spacial score (nSPS) is 26.9. The highest BCUT2D eigenvalue weighted by atomic mass is 35.5. The number of likely N-dealkylation sites (tertiary alicyclic amines) is 1. The molecule has 3 aliphatic heterocycles. The summed E-state index contributed by atoms with van der Waals surface area (Å²) >= 11 is 13.2. The zero-order valence-corrected chi connectivity index (χ0v) is 62.3. The number of fused-ring (bicyclic) bond motifs is 1. The summed E-state index contributed by atoms with van der Waals surface area (Å²) in [6.45, 7) is 8.20. The number of rotatable bonds is 11. The smallest absolute Gasteiger partial charge is 0.248 e. The Hall–Kier alpha value is -6.76. The molecule has 1 aromatic carbocycles. The Bertz CT molecular complexity index is 3080. The number of nitrogens with one attached hydrogen (secondary N) is 3. The van der Waals surface area contributed by atoms with Crippen LogP contribution in [0.3, 0.4) is 0 Å². The summed E-state index contributed by atoms with van der Waals surface area (Å²) in [6, 6.07) is -4.93.